The summed E-state index contributed by atoms with van der Waals surface area (Å²) in [5.41, 5.74) is 1.76. The highest BCUT2D eigenvalue weighted by atomic mass is 32.2. The van der Waals surface area contributed by atoms with Crippen LogP contribution in [-0.2, 0) is 23.1 Å². The second kappa shape index (κ2) is 6.40. The lowest BCUT2D eigenvalue weighted by Crippen LogP contribution is -2.26. The number of rotatable bonds is 7. The molecule has 0 atom stereocenters. The molecule has 0 aromatic carbocycles. The summed E-state index contributed by atoms with van der Waals surface area (Å²) in [6.07, 6.45) is 5.80. The van der Waals surface area contributed by atoms with Crippen LogP contribution in [0.5, 0.6) is 0 Å². The molecule has 2 rings (SSSR count). The highest BCUT2D eigenvalue weighted by Gasteiger charge is 2.19. The molecule has 0 radical (unpaired) electrons. The van der Waals surface area contributed by atoms with Crippen LogP contribution in [0.15, 0.2) is 23.5 Å². The third-order valence-corrected chi connectivity index (χ3v) is 4.83. The summed E-state index contributed by atoms with van der Waals surface area (Å²) in [4.78, 5) is 0.249. The molecule has 2 aromatic heterocycles. The SMILES string of the molecule is CCn1ncc(S(=O)(=O)NCCCn2cc(C)cn2)c1C. The van der Waals surface area contributed by atoms with Gasteiger partial charge in [0.05, 0.1) is 18.1 Å². The first kappa shape index (κ1) is 15.7. The van der Waals surface area contributed by atoms with Crippen LogP contribution in [0.4, 0.5) is 0 Å². The summed E-state index contributed by atoms with van der Waals surface area (Å²) in [6.45, 7) is 7.37. The Morgan fingerprint density at radius 3 is 2.57 bits per heavy atom. The van der Waals surface area contributed by atoms with Gasteiger partial charge in [-0.25, -0.2) is 13.1 Å². The Kier molecular flexibility index (Phi) is 4.79. The normalized spacial score (nSPS) is 12.0. The van der Waals surface area contributed by atoms with Crippen LogP contribution < -0.4 is 4.72 Å². The Bertz CT molecular complexity index is 702. The molecular formula is C13H21N5O2S. The minimum absolute atomic E-state index is 0.249. The standard InChI is InChI=1S/C13H21N5O2S/c1-4-18-12(3)13(9-15-18)21(19,20)16-6-5-7-17-10-11(2)8-14-17/h8-10,16H,4-7H2,1-3H3. The molecule has 2 heterocycles. The zero-order chi connectivity index (χ0) is 15.5. The van der Waals surface area contributed by atoms with E-state index >= 15 is 0 Å². The summed E-state index contributed by atoms with van der Waals surface area (Å²) < 4.78 is 30.5. The second-order valence-electron chi connectivity index (χ2n) is 4.94. The van der Waals surface area contributed by atoms with Gasteiger partial charge in [-0.3, -0.25) is 9.36 Å². The average molecular weight is 311 g/mol. The molecule has 0 aliphatic rings. The van der Waals surface area contributed by atoms with Gasteiger partial charge in [0, 0.05) is 25.8 Å². The van der Waals surface area contributed by atoms with Crippen molar-refractivity contribution >= 4 is 10.0 Å². The third kappa shape index (κ3) is 3.70. The molecule has 7 nitrogen and oxygen atoms in total. The van der Waals surface area contributed by atoms with E-state index in [9.17, 15) is 8.42 Å². The van der Waals surface area contributed by atoms with Crippen LogP contribution in [0.25, 0.3) is 0 Å². The van der Waals surface area contributed by atoms with Gasteiger partial charge in [-0.15, -0.1) is 0 Å². The molecule has 116 valence electrons. The van der Waals surface area contributed by atoms with E-state index in [1.165, 1.54) is 6.20 Å². The van der Waals surface area contributed by atoms with E-state index in [1.807, 2.05) is 24.7 Å². The quantitative estimate of drug-likeness (QED) is 0.776. The molecule has 0 fully saturated rings. The predicted octanol–water partition coefficient (Wildman–Crippen LogP) is 1.08. The molecule has 0 unspecified atom stereocenters. The Morgan fingerprint density at radius 2 is 2.00 bits per heavy atom. The zero-order valence-corrected chi connectivity index (χ0v) is 13.4. The molecule has 0 saturated heterocycles. The van der Waals surface area contributed by atoms with Gasteiger partial charge in [0.2, 0.25) is 10.0 Å². The van der Waals surface area contributed by atoms with Crippen LogP contribution in [0, 0.1) is 13.8 Å². The molecule has 0 bridgehead atoms. The van der Waals surface area contributed by atoms with E-state index in [-0.39, 0.29) is 4.90 Å². The van der Waals surface area contributed by atoms with Crippen molar-refractivity contribution in [3.8, 4) is 0 Å². The zero-order valence-electron chi connectivity index (χ0n) is 12.6. The van der Waals surface area contributed by atoms with Gasteiger partial charge < -0.3 is 0 Å². The Morgan fingerprint density at radius 1 is 1.24 bits per heavy atom. The van der Waals surface area contributed by atoms with Gasteiger partial charge in [0.1, 0.15) is 4.90 Å². The Labute approximate surface area is 125 Å². The molecule has 0 aliphatic heterocycles. The van der Waals surface area contributed by atoms with E-state index < -0.39 is 10.0 Å². The second-order valence-corrected chi connectivity index (χ2v) is 6.68. The first-order chi connectivity index (χ1) is 9.94. The molecule has 1 N–H and O–H groups in total. The number of nitrogens with zero attached hydrogens (tertiary/aromatic N) is 4. The van der Waals surface area contributed by atoms with Crippen molar-refractivity contribution in [3.63, 3.8) is 0 Å². The van der Waals surface area contributed by atoms with E-state index in [0.29, 0.717) is 31.7 Å². The van der Waals surface area contributed by atoms with Gasteiger partial charge in [-0.05, 0) is 32.8 Å². The van der Waals surface area contributed by atoms with Crippen molar-refractivity contribution in [2.75, 3.05) is 6.54 Å². The smallest absolute Gasteiger partial charge is 0.243 e. The van der Waals surface area contributed by atoms with Crippen LogP contribution in [0.2, 0.25) is 0 Å². The van der Waals surface area contributed by atoms with Crippen molar-refractivity contribution in [2.24, 2.45) is 0 Å². The van der Waals surface area contributed by atoms with Gasteiger partial charge in [-0.1, -0.05) is 0 Å². The molecule has 0 aliphatic carbocycles. The highest BCUT2D eigenvalue weighted by molar-refractivity contribution is 7.89. The van der Waals surface area contributed by atoms with Gasteiger partial charge in [0.25, 0.3) is 0 Å². The molecule has 0 spiro atoms. The fourth-order valence-electron chi connectivity index (χ4n) is 2.13. The molecule has 8 heteroatoms. The monoisotopic (exact) mass is 311 g/mol. The number of hydrogen-bond donors (Lipinski definition) is 1. The van der Waals surface area contributed by atoms with Crippen molar-refractivity contribution in [1.82, 2.24) is 24.3 Å². The van der Waals surface area contributed by atoms with Crippen LogP contribution in [0.3, 0.4) is 0 Å². The molecular weight excluding hydrogens is 290 g/mol. The first-order valence-electron chi connectivity index (χ1n) is 6.95. The maximum absolute atomic E-state index is 12.2. The number of hydrogen-bond acceptors (Lipinski definition) is 4. The van der Waals surface area contributed by atoms with Crippen LogP contribution >= 0.6 is 0 Å². The summed E-state index contributed by atoms with van der Waals surface area (Å²) in [5.74, 6) is 0. The van der Waals surface area contributed by atoms with Gasteiger partial charge in [0.15, 0.2) is 0 Å². The number of aryl methyl sites for hydroxylation is 3. The molecule has 2 aromatic rings. The maximum atomic E-state index is 12.2. The highest BCUT2D eigenvalue weighted by Crippen LogP contribution is 2.13. The predicted molar refractivity (Wildman–Crippen MR) is 79.4 cm³/mol. The van der Waals surface area contributed by atoms with E-state index in [4.69, 9.17) is 0 Å². The fourth-order valence-corrected chi connectivity index (χ4v) is 3.38. The van der Waals surface area contributed by atoms with E-state index in [1.54, 1.807) is 17.8 Å². The lowest BCUT2D eigenvalue weighted by Gasteiger charge is -2.07. The van der Waals surface area contributed by atoms with Crippen molar-refractivity contribution < 1.29 is 8.42 Å². The Balaban J connectivity index is 1.90. The summed E-state index contributed by atoms with van der Waals surface area (Å²) in [5, 5.41) is 8.23. The third-order valence-electron chi connectivity index (χ3n) is 3.27. The lowest BCUT2D eigenvalue weighted by atomic mass is 10.4. The molecule has 0 amide bonds. The van der Waals surface area contributed by atoms with E-state index in [0.717, 1.165) is 5.56 Å². The Hall–Kier alpha value is -1.67. The minimum Gasteiger partial charge on any atom is -0.272 e. The van der Waals surface area contributed by atoms with Crippen molar-refractivity contribution in [1.29, 1.82) is 0 Å². The first-order valence-corrected chi connectivity index (χ1v) is 8.43. The summed E-state index contributed by atoms with van der Waals surface area (Å²) in [6, 6.07) is 0. The van der Waals surface area contributed by atoms with Crippen molar-refractivity contribution in [3.05, 3.63) is 29.8 Å². The number of nitrogens with one attached hydrogen (secondary N) is 1. The number of sulfonamides is 1. The lowest BCUT2D eigenvalue weighted by molar-refractivity contribution is 0.552. The van der Waals surface area contributed by atoms with E-state index in [2.05, 4.69) is 14.9 Å². The largest absolute Gasteiger partial charge is 0.272 e. The molecule has 0 saturated carbocycles. The number of aromatic nitrogens is 4. The molecule has 21 heavy (non-hydrogen) atoms. The van der Waals surface area contributed by atoms with Crippen LogP contribution in [-0.4, -0.2) is 34.5 Å². The van der Waals surface area contributed by atoms with Crippen molar-refractivity contribution in [2.45, 2.75) is 45.2 Å². The summed E-state index contributed by atoms with van der Waals surface area (Å²) in [7, 11) is -3.49. The van der Waals surface area contributed by atoms with Gasteiger partial charge >= 0.3 is 0 Å². The summed E-state index contributed by atoms with van der Waals surface area (Å²) >= 11 is 0. The fraction of sp³-hybridized carbons (Fsp3) is 0.538. The average Bonchev–Trinajstić information content (AvgIpc) is 3.01. The van der Waals surface area contributed by atoms with Gasteiger partial charge in [-0.2, -0.15) is 10.2 Å². The van der Waals surface area contributed by atoms with Crippen LogP contribution in [0.1, 0.15) is 24.6 Å². The minimum atomic E-state index is -3.49. The maximum Gasteiger partial charge on any atom is 0.243 e. The topological polar surface area (TPSA) is 81.8 Å².